The molecule has 0 saturated carbocycles. The van der Waals surface area contributed by atoms with Gasteiger partial charge in [-0.25, -0.2) is 4.79 Å². The number of benzene rings is 2. The molecule has 2 N–H and O–H groups in total. The molecule has 1 saturated heterocycles. The molecule has 7 nitrogen and oxygen atoms in total. The summed E-state index contributed by atoms with van der Waals surface area (Å²) < 4.78 is 11.0. The van der Waals surface area contributed by atoms with E-state index in [1.54, 1.807) is 29.2 Å². The van der Waals surface area contributed by atoms with Gasteiger partial charge in [0.25, 0.3) is 5.91 Å². The maximum Gasteiger partial charge on any atom is 0.335 e. The van der Waals surface area contributed by atoms with Crippen LogP contribution < -0.4 is 10.1 Å². The highest BCUT2D eigenvalue weighted by atomic mass is 16.5. The topological polar surface area (TPSA) is 88.1 Å². The van der Waals surface area contributed by atoms with Crippen LogP contribution in [0.3, 0.4) is 0 Å². The third-order valence-electron chi connectivity index (χ3n) is 4.29. The minimum Gasteiger partial charge on any atom is -0.482 e. The van der Waals surface area contributed by atoms with Gasteiger partial charge in [0.05, 0.1) is 24.5 Å². The summed E-state index contributed by atoms with van der Waals surface area (Å²) in [5.74, 6) is -0.406. The van der Waals surface area contributed by atoms with E-state index < -0.39 is 5.97 Å². The Morgan fingerprint density at radius 2 is 1.78 bits per heavy atom. The molecular weight excluding hydrogens is 348 g/mol. The number of anilines is 1. The molecule has 7 heteroatoms. The highest BCUT2D eigenvalue weighted by molar-refractivity contribution is 5.87. The number of rotatable bonds is 7. The maximum absolute atomic E-state index is 12.2. The molecule has 0 aliphatic carbocycles. The van der Waals surface area contributed by atoms with Crippen molar-refractivity contribution in [2.45, 2.75) is 6.54 Å². The predicted molar refractivity (Wildman–Crippen MR) is 100 cm³/mol. The summed E-state index contributed by atoms with van der Waals surface area (Å²) in [5.41, 5.74) is 1.97. The van der Waals surface area contributed by atoms with Crippen molar-refractivity contribution in [2.75, 3.05) is 38.2 Å². The van der Waals surface area contributed by atoms with E-state index in [9.17, 15) is 9.59 Å². The van der Waals surface area contributed by atoms with Crippen molar-refractivity contribution >= 4 is 17.6 Å². The molecule has 1 aliphatic rings. The molecule has 142 valence electrons. The van der Waals surface area contributed by atoms with Crippen molar-refractivity contribution in [3.63, 3.8) is 0 Å². The van der Waals surface area contributed by atoms with E-state index in [1.807, 2.05) is 24.3 Å². The summed E-state index contributed by atoms with van der Waals surface area (Å²) in [6, 6.07) is 14.1. The molecule has 0 bridgehead atoms. The Hall–Kier alpha value is -3.06. The monoisotopic (exact) mass is 370 g/mol. The van der Waals surface area contributed by atoms with E-state index in [-0.39, 0.29) is 18.1 Å². The zero-order chi connectivity index (χ0) is 19.1. The van der Waals surface area contributed by atoms with Crippen molar-refractivity contribution in [1.29, 1.82) is 0 Å². The molecule has 1 heterocycles. The van der Waals surface area contributed by atoms with Crippen molar-refractivity contribution in [3.8, 4) is 5.75 Å². The second kappa shape index (κ2) is 9.05. The van der Waals surface area contributed by atoms with Gasteiger partial charge < -0.3 is 24.8 Å². The van der Waals surface area contributed by atoms with Gasteiger partial charge in [-0.2, -0.15) is 0 Å². The zero-order valence-corrected chi connectivity index (χ0v) is 14.9. The molecule has 2 aromatic rings. The van der Waals surface area contributed by atoms with Gasteiger partial charge >= 0.3 is 5.97 Å². The minimum absolute atomic E-state index is 0.0218. The first kappa shape index (κ1) is 18.7. The smallest absolute Gasteiger partial charge is 0.335 e. The predicted octanol–water partition coefficient (Wildman–Crippen LogP) is 2.23. The van der Waals surface area contributed by atoms with Crippen molar-refractivity contribution in [1.82, 2.24) is 4.90 Å². The molecule has 1 aliphatic heterocycles. The average Bonchev–Trinajstić information content (AvgIpc) is 2.72. The number of nitrogens with zero attached hydrogens (tertiary/aromatic N) is 1. The zero-order valence-electron chi connectivity index (χ0n) is 14.9. The van der Waals surface area contributed by atoms with Gasteiger partial charge in [-0.3, -0.25) is 4.79 Å². The summed E-state index contributed by atoms with van der Waals surface area (Å²) in [6.07, 6.45) is 0. The van der Waals surface area contributed by atoms with Gasteiger partial charge in [0.2, 0.25) is 0 Å². The Labute approximate surface area is 157 Å². The Balaban J connectivity index is 1.56. The fourth-order valence-electron chi connectivity index (χ4n) is 2.74. The standard InChI is InChI=1S/C20H22N2O5/c23-19(22-9-11-26-12-10-22)14-27-18-4-2-1-3-17(18)21-13-15-5-7-16(8-6-15)20(24)25/h1-8,21H,9-14H2,(H,24,25). The lowest BCUT2D eigenvalue weighted by Crippen LogP contribution is -2.43. The number of nitrogens with one attached hydrogen (secondary N) is 1. The first-order chi connectivity index (χ1) is 13.1. The number of carboxylic acids is 1. The van der Waals surface area contributed by atoms with Gasteiger partial charge in [-0.15, -0.1) is 0 Å². The molecule has 0 radical (unpaired) electrons. The molecule has 1 amide bonds. The normalized spacial score (nSPS) is 13.9. The van der Waals surface area contributed by atoms with Crippen molar-refractivity contribution in [3.05, 3.63) is 59.7 Å². The van der Waals surface area contributed by atoms with Gasteiger partial charge in [0, 0.05) is 19.6 Å². The second-order valence-corrected chi connectivity index (χ2v) is 6.13. The number of para-hydroxylation sites is 2. The molecule has 0 atom stereocenters. The van der Waals surface area contributed by atoms with E-state index in [0.717, 1.165) is 11.3 Å². The number of carbonyl (C=O) groups is 2. The van der Waals surface area contributed by atoms with E-state index in [2.05, 4.69) is 5.32 Å². The van der Waals surface area contributed by atoms with Gasteiger partial charge in [0.1, 0.15) is 5.75 Å². The SMILES string of the molecule is O=C(O)c1ccc(CNc2ccccc2OCC(=O)N2CCOCC2)cc1. The Morgan fingerprint density at radius 1 is 1.07 bits per heavy atom. The molecule has 1 fully saturated rings. The molecule has 0 spiro atoms. The van der Waals surface area contributed by atoms with Crippen LogP contribution in [-0.4, -0.2) is 54.8 Å². The third-order valence-corrected chi connectivity index (χ3v) is 4.29. The van der Waals surface area contributed by atoms with Crippen LogP contribution in [0.2, 0.25) is 0 Å². The van der Waals surface area contributed by atoms with Crippen LogP contribution >= 0.6 is 0 Å². The Morgan fingerprint density at radius 3 is 2.48 bits per heavy atom. The van der Waals surface area contributed by atoms with Crippen LogP contribution in [0.1, 0.15) is 15.9 Å². The Bertz CT molecular complexity index is 785. The number of ether oxygens (including phenoxy) is 2. The lowest BCUT2D eigenvalue weighted by molar-refractivity contribution is -0.137. The number of amides is 1. The summed E-state index contributed by atoms with van der Waals surface area (Å²) in [5, 5.41) is 12.2. The van der Waals surface area contributed by atoms with Gasteiger partial charge in [0.15, 0.2) is 6.61 Å². The highest BCUT2D eigenvalue weighted by Crippen LogP contribution is 2.24. The maximum atomic E-state index is 12.2. The quantitative estimate of drug-likeness (QED) is 0.777. The number of carboxylic acid groups (broad SMARTS) is 1. The second-order valence-electron chi connectivity index (χ2n) is 6.13. The summed E-state index contributed by atoms with van der Waals surface area (Å²) in [6.45, 7) is 2.79. The lowest BCUT2D eigenvalue weighted by atomic mass is 10.1. The van der Waals surface area contributed by atoms with Gasteiger partial charge in [-0.1, -0.05) is 24.3 Å². The molecule has 27 heavy (non-hydrogen) atoms. The van der Waals surface area contributed by atoms with Gasteiger partial charge in [-0.05, 0) is 29.8 Å². The molecular formula is C20H22N2O5. The first-order valence-electron chi connectivity index (χ1n) is 8.77. The fraction of sp³-hybridized carbons (Fsp3) is 0.300. The fourth-order valence-corrected chi connectivity index (χ4v) is 2.74. The first-order valence-corrected chi connectivity index (χ1v) is 8.77. The van der Waals surface area contributed by atoms with Crippen LogP contribution in [0.4, 0.5) is 5.69 Å². The molecule has 0 unspecified atom stereocenters. The largest absolute Gasteiger partial charge is 0.482 e. The van der Waals surface area contributed by atoms with E-state index >= 15 is 0 Å². The molecule has 0 aromatic heterocycles. The van der Waals surface area contributed by atoms with Crippen LogP contribution in [0.25, 0.3) is 0 Å². The number of morpholine rings is 1. The number of hydrogen-bond acceptors (Lipinski definition) is 5. The van der Waals surface area contributed by atoms with Crippen molar-refractivity contribution in [2.24, 2.45) is 0 Å². The average molecular weight is 370 g/mol. The highest BCUT2D eigenvalue weighted by Gasteiger charge is 2.17. The van der Waals surface area contributed by atoms with E-state index in [1.165, 1.54) is 0 Å². The van der Waals surface area contributed by atoms with Crippen LogP contribution in [-0.2, 0) is 16.1 Å². The summed E-state index contributed by atoms with van der Waals surface area (Å²) in [4.78, 5) is 24.9. The minimum atomic E-state index is -0.946. The van der Waals surface area contributed by atoms with E-state index in [0.29, 0.717) is 38.6 Å². The van der Waals surface area contributed by atoms with Crippen LogP contribution in [0.15, 0.2) is 48.5 Å². The van der Waals surface area contributed by atoms with Crippen LogP contribution in [0.5, 0.6) is 5.75 Å². The number of aromatic carboxylic acids is 1. The van der Waals surface area contributed by atoms with Crippen molar-refractivity contribution < 1.29 is 24.2 Å². The third kappa shape index (κ3) is 5.21. The summed E-state index contributed by atoms with van der Waals surface area (Å²) >= 11 is 0. The van der Waals surface area contributed by atoms with Crippen LogP contribution in [0, 0.1) is 0 Å². The molecule has 2 aromatic carbocycles. The Kier molecular flexibility index (Phi) is 6.27. The number of carbonyl (C=O) groups excluding carboxylic acids is 1. The summed E-state index contributed by atoms with van der Waals surface area (Å²) in [7, 11) is 0. The molecule has 3 rings (SSSR count). The lowest BCUT2D eigenvalue weighted by Gasteiger charge is -2.26. The van der Waals surface area contributed by atoms with E-state index in [4.69, 9.17) is 14.6 Å². The number of hydrogen-bond donors (Lipinski definition) is 2.